The van der Waals surface area contributed by atoms with Crippen molar-refractivity contribution in [3.05, 3.63) is 22.2 Å². The van der Waals surface area contributed by atoms with E-state index in [4.69, 9.17) is 21.1 Å². The van der Waals surface area contributed by atoms with Gasteiger partial charge >= 0.3 is 0 Å². The molecular formula is C12H16ClNO3. The van der Waals surface area contributed by atoms with E-state index in [1.807, 2.05) is 6.92 Å². The lowest BCUT2D eigenvalue weighted by molar-refractivity contribution is 0.170. The molecule has 2 rings (SSSR count). The molecule has 1 aromatic carbocycles. The summed E-state index contributed by atoms with van der Waals surface area (Å²) < 4.78 is 10.7. The first kappa shape index (κ1) is 12.5. The van der Waals surface area contributed by atoms with E-state index in [2.05, 4.69) is 5.32 Å². The number of rotatable bonds is 4. The SMILES string of the molecule is CCc1c(C(O)CNC)cc(Cl)c2c1OCO2. The summed E-state index contributed by atoms with van der Waals surface area (Å²) in [5.41, 5.74) is 1.76. The average Bonchev–Trinajstić information content (AvgIpc) is 2.78. The summed E-state index contributed by atoms with van der Waals surface area (Å²) in [6.45, 7) is 2.68. The normalized spacial score (nSPS) is 15.1. The molecule has 0 saturated carbocycles. The van der Waals surface area contributed by atoms with Gasteiger partial charge in [-0.15, -0.1) is 0 Å². The van der Waals surface area contributed by atoms with Gasteiger partial charge in [-0.1, -0.05) is 18.5 Å². The minimum absolute atomic E-state index is 0.188. The fourth-order valence-corrected chi connectivity index (χ4v) is 2.32. The van der Waals surface area contributed by atoms with Crippen molar-refractivity contribution in [2.24, 2.45) is 0 Å². The largest absolute Gasteiger partial charge is 0.453 e. The molecule has 0 bridgehead atoms. The van der Waals surface area contributed by atoms with Crippen molar-refractivity contribution in [2.75, 3.05) is 20.4 Å². The molecule has 1 atom stereocenters. The van der Waals surface area contributed by atoms with Gasteiger partial charge in [0, 0.05) is 12.1 Å². The molecule has 4 nitrogen and oxygen atoms in total. The number of halogens is 1. The zero-order valence-electron chi connectivity index (χ0n) is 9.92. The van der Waals surface area contributed by atoms with Crippen molar-refractivity contribution < 1.29 is 14.6 Å². The Bertz CT molecular complexity index is 423. The molecular weight excluding hydrogens is 242 g/mol. The summed E-state index contributed by atoms with van der Waals surface area (Å²) in [6.07, 6.45) is 0.167. The molecule has 1 unspecified atom stereocenters. The van der Waals surface area contributed by atoms with E-state index < -0.39 is 6.10 Å². The minimum atomic E-state index is -0.595. The van der Waals surface area contributed by atoms with Gasteiger partial charge in [0.25, 0.3) is 0 Å². The van der Waals surface area contributed by atoms with Crippen molar-refractivity contribution in [1.29, 1.82) is 0 Å². The molecule has 5 heteroatoms. The van der Waals surface area contributed by atoms with E-state index in [-0.39, 0.29) is 6.79 Å². The van der Waals surface area contributed by atoms with E-state index in [0.717, 1.165) is 17.5 Å². The molecule has 0 aromatic heterocycles. The number of nitrogens with one attached hydrogen (secondary N) is 1. The quantitative estimate of drug-likeness (QED) is 0.865. The highest BCUT2D eigenvalue weighted by molar-refractivity contribution is 6.32. The molecule has 1 heterocycles. The Morgan fingerprint density at radius 1 is 1.47 bits per heavy atom. The lowest BCUT2D eigenvalue weighted by Crippen LogP contribution is -2.18. The molecule has 0 fully saturated rings. The molecule has 1 aliphatic heterocycles. The molecule has 1 aromatic rings. The van der Waals surface area contributed by atoms with Crippen molar-refractivity contribution in [3.8, 4) is 11.5 Å². The summed E-state index contributed by atoms with van der Waals surface area (Å²) in [7, 11) is 1.80. The van der Waals surface area contributed by atoms with Crippen LogP contribution < -0.4 is 14.8 Å². The van der Waals surface area contributed by atoms with E-state index in [1.165, 1.54) is 0 Å². The van der Waals surface area contributed by atoms with Crippen LogP contribution >= 0.6 is 11.6 Å². The topological polar surface area (TPSA) is 50.7 Å². The predicted octanol–water partition coefficient (Wildman–Crippen LogP) is 1.88. The molecule has 0 spiro atoms. The summed E-state index contributed by atoms with van der Waals surface area (Å²) in [5, 5.41) is 13.5. The zero-order valence-corrected chi connectivity index (χ0v) is 10.7. The monoisotopic (exact) mass is 257 g/mol. The Hall–Kier alpha value is -0.970. The molecule has 0 radical (unpaired) electrons. The van der Waals surface area contributed by atoms with Crippen LogP contribution in [-0.4, -0.2) is 25.5 Å². The van der Waals surface area contributed by atoms with Gasteiger partial charge in [0.1, 0.15) is 0 Å². The van der Waals surface area contributed by atoms with Crippen LogP contribution in [0.4, 0.5) is 0 Å². The van der Waals surface area contributed by atoms with Crippen LogP contribution in [-0.2, 0) is 6.42 Å². The average molecular weight is 258 g/mol. The molecule has 17 heavy (non-hydrogen) atoms. The molecule has 0 aliphatic carbocycles. The molecule has 0 saturated heterocycles. The van der Waals surface area contributed by atoms with Crippen LogP contribution in [0.3, 0.4) is 0 Å². The van der Waals surface area contributed by atoms with Crippen molar-refractivity contribution in [2.45, 2.75) is 19.4 Å². The second-order valence-corrected chi connectivity index (χ2v) is 4.33. The summed E-state index contributed by atoms with van der Waals surface area (Å²) in [4.78, 5) is 0. The number of fused-ring (bicyclic) bond motifs is 1. The Morgan fingerprint density at radius 3 is 2.82 bits per heavy atom. The van der Waals surface area contributed by atoms with Crippen LogP contribution in [0.15, 0.2) is 6.07 Å². The number of likely N-dealkylation sites (N-methyl/N-ethyl adjacent to an activating group) is 1. The fraction of sp³-hybridized carbons (Fsp3) is 0.500. The van der Waals surface area contributed by atoms with Crippen LogP contribution in [0.2, 0.25) is 5.02 Å². The maximum absolute atomic E-state index is 10.1. The first-order valence-corrected chi connectivity index (χ1v) is 6.00. The molecule has 94 valence electrons. The standard InChI is InChI=1S/C12H16ClNO3/c1-3-7-8(10(15)5-14-2)4-9(13)12-11(7)16-6-17-12/h4,10,14-15H,3,5-6H2,1-2H3. The highest BCUT2D eigenvalue weighted by Crippen LogP contribution is 2.44. The van der Waals surface area contributed by atoms with Crippen molar-refractivity contribution in [1.82, 2.24) is 5.32 Å². The first-order chi connectivity index (χ1) is 8.19. The second kappa shape index (κ2) is 5.12. The Labute approximate surface area is 105 Å². The Morgan fingerprint density at radius 2 is 2.18 bits per heavy atom. The molecule has 0 amide bonds. The summed E-state index contributed by atoms with van der Waals surface area (Å²) >= 11 is 6.11. The lowest BCUT2D eigenvalue weighted by Gasteiger charge is -2.17. The van der Waals surface area contributed by atoms with E-state index in [0.29, 0.717) is 23.1 Å². The maximum atomic E-state index is 10.1. The number of aliphatic hydroxyl groups is 1. The van der Waals surface area contributed by atoms with Gasteiger partial charge in [-0.2, -0.15) is 0 Å². The number of hydrogen-bond acceptors (Lipinski definition) is 4. The van der Waals surface area contributed by atoms with Crippen LogP contribution in [0.1, 0.15) is 24.2 Å². The Kier molecular flexibility index (Phi) is 3.76. The molecule has 2 N–H and O–H groups in total. The maximum Gasteiger partial charge on any atom is 0.231 e. The van der Waals surface area contributed by atoms with E-state index in [9.17, 15) is 5.11 Å². The van der Waals surface area contributed by atoms with E-state index in [1.54, 1.807) is 13.1 Å². The van der Waals surface area contributed by atoms with Crippen LogP contribution in [0.5, 0.6) is 11.5 Å². The van der Waals surface area contributed by atoms with Crippen LogP contribution in [0.25, 0.3) is 0 Å². The van der Waals surface area contributed by atoms with E-state index >= 15 is 0 Å². The van der Waals surface area contributed by atoms with Gasteiger partial charge in [0.2, 0.25) is 6.79 Å². The highest BCUT2D eigenvalue weighted by atomic mass is 35.5. The first-order valence-electron chi connectivity index (χ1n) is 5.62. The van der Waals surface area contributed by atoms with Gasteiger partial charge in [-0.3, -0.25) is 0 Å². The smallest absolute Gasteiger partial charge is 0.231 e. The summed E-state index contributed by atoms with van der Waals surface area (Å²) in [5.74, 6) is 1.26. The number of aliphatic hydroxyl groups excluding tert-OH is 1. The van der Waals surface area contributed by atoms with Gasteiger partial charge in [0.15, 0.2) is 11.5 Å². The van der Waals surface area contributed by atoms with Crippen LogP contribution in [0, 0.1) is 0 Å². The van der Waals surface area contributed by atoms with Crippen molar-refractivity contribution >= 4 is 11.6 Å². The van der Waals surface area contributed by atoms with Gasteiger partial charge in [0.05, 0.1) is 11.1 Å². The number of hydrogen-bond donors (Lipinski definition) is 2. The molecule has 1 aliphatic rings. The third-order valence-corrected chi connectivity index (χ3v) is 3.13. The highest BCUT2D eigenvalue weighted by Gasteiger charge is 2.25. The zero-order chi connectivity index (χ0) is 12.4. The predicted molar refractivity (Wildman–Crippen MR) is 65.8 cm³/mol. The van der Waals surface area contributed by atoms with Gasteiger partial charge in [-0.05, 0) is 25.1 Å². The number of benzene rings is 1. The minimum Gasteiger partial charge on any atom is -0.453 e. The lowest BCUT2D eigenvalue weighted by atomic mass is 9.98. The summed E-state index contributed by atoms with van der Waals surface area (Å²) in [6, 6.07) is 1.76. The third-order valence-electron chi connectivity index (χ3n) is 2.84. The third kappa shape index (κ3) is 2.20. The number of ether oxygens (including phenoxy) is 2. The van der Waals surface area contributed by atoms with Gasteiger partial charge in [-0.25, -0.2) is 0 Å². The second-order valence-electron chi connectivity index (χ2n) is 3.92. The van der Waals surface area contributed by atoms with Crippen molar-refractivity contribution in [3.63, 3.8) is 0 Å². The van der Waals surface area contributed by atoms with Gasteiger partial charge < -0.3 is 19.9 Å². The fourth-order valence-electron chi connectivity index (χ4n) is 2.07. The Balaban J connectivity index is 2.48.